The van der Waals surface area contributed by atoms with Crippen LogP contribution in [0.4, 0.5) is 29.1 Å². The number of aromatic nitrogens is 3. The molecule has 3 aliphatic rings. The van der Waals surface area contributed by atoms with E-state index in [1.165, 1.54) is 12.1 Å². The lowest BCUT2D eigenvalue weighted by molar-refractivity contribution is -0.122. The largest absolute Gasteiger partial charge is 0.489 e. The number of amides is 2. The monoisotopic (exact) mass is 782 g/mol. The molecule has 4 heterocycles. The summed E-state index contributed by atoms with van der Waals surface area (Å²) in [6.07, 6.45) is 6.85. The van der Waals surface area contributed by atoms with Crippen LogP contribution in [-0.4, -0.2) is 58.6 Å². The van der Waals surface area contributed by atoms with Crippen molar-refractivity contribution in [2.75, 3.05) is 41.4 Å². The zero-order valence-electron chi connectivity index (χ0n) is 28.2. The Morgan fingerprint density at radius 2 is 1.85 bits per heavy atom. The number of fused-ring (bicyclic) bond motifs is 3. The Bertz CT molecular complexity index is 2010. The summed E-state index contributed by atoms with van der Waals surface area (Å²) in [6, 6.07) is 7.37. The average Bonchev–Trinajstić information content (AvgIpc) is 3.69. The van der Waals surface area contributed by atoms with E-state index in [1.807, 2.05) is 6.07 Å². The Balaban J connectivity index is 1.06. The molecule has 0 unspecified atom stereocenters. The standard InChI is InChI=1S/C37H35BrF4N6O4/c1-21-45-46-36(52-21)29(15-22-13-27(40)35(42)28(41)14-22)44-33(49)16-23-19-37(26-17-24(39)4-5-25(23)26)6-9-47(10-7-37)32-18-31-30(20-43-32)48(11-12-51-31)34(50)3-2-8-38/h2-5,13-14,17-18,20,23,29H,6-12,15-16,19H2,1H3,(H,44,49)/b3-2+/t23-,29-/m1/s1. The molecule has 2 aliphatic heterocycles. The number of nitrogens with zero attached hydrogens (tertiary/aromatic N) is 5. The second kappa shape index (κ2) is 14.7. The average molecular weight is 784 g/mol. The van der Waals surface area contributed by atoms with E-state index in [0.717, 1.165) is 29.1 Å². The zero-order valence-corrected chi connectivity index (χ0v) is 29.8. The number of hydrogen-bond acceptors (Lipinski definition) is 8. The number of carbonyl (C=O) groups is 2. The van der Waals surface area contributed by atoms with Gasteiger partial charge in [0.25, 0.3) is 5.91 Å². The number of pyridine rings is 1. The number of piperidine rings is 1. The van der Waals surface area contributed by atoms with Crippen LogP contribution in [0.15, 0.2) is 59.2 Å². The van der Waals surface area contributed by atoms with Crippen molar-refractivity contribution in [2.24, 2.45) is 0 Å². The molecule has 52 heavy (non-hydrogen) atoms. The van der Waals surface area contributed by atoms with Crippen molar-refractivity contribution in [2.45, 2.75) is 56.4 Å². The van der Waals surface area contributed by atoms with E-state index >= 15 is 0 Å². The smallest absolute Gasteiger partial charge is 0.250 e. The number of anilines is 2. The fraction of sp³-hybridized carbons (Fsp3) is 0.378. The first-order valence-corrected chi connectivity index (χ1v) is 18.1. The summed E-state index contributed by atoms with van der Waals surface area (Å²) in [6.45, 7) is 3.61. The van der Waals surface area contributed by atoms with Gasteiger partial charge < -0.3 is 24.3 Å². The van der Waals surface area contributed by atoms with Gasteiger partial charge in [-0.1, -0.05) is 28.1 Å². The van der Waals surface area contributed by atoms with Crippen molar-refractivity contribution in [1.82, 2.24) is 20.5 Å². The minimum Gasteiger partial charge on any atom is -0.489 e. The number of nitrogens with one attached hydrogen (secondary N) is 1. The lowest BCUT2D eigenvalue weighted by Crippen LogP contribution is -2.42. The van der Waals surface area contributed by atoms with E-state index < -0.39 is 23.5 Å². The highest BCUT2D eigenvalue weighted by Gasteiger charge is 2.46. The number of ether oxygens (including phenoxy) is 1. The second-order valence-corrected chi connectivity index (χ2v) is 14.0. The van der Waals surface area contributed by atoms with Gasteiger partial charge in [-0.2, -0.15) is 0 Å². The Labute approximate surface area is 305 Å². The lowest BCUT2D eigenvalue weighted by Gasteiger charge is -2.41. The quantitative estimate of drug-likeness (QED) is 0.0884. The van der Waals surface area contributed by atoms with Crippen LogP contribution in [0.1, 0.15) is 66.1 Å². The Morgan fingerprint density at radius 1 is 1.08 bits per heavy atom. The molecule has 7 rings (SSSR count). The molecule has 2 atom stereocenters. The van der Waals surface area contributed by atoms with Crippen LogP contribution in [0.2, 0.25) is 0 Å². The fourth-order valence-corrected chi connectivity index (χ4v) is 7.88. The molecule has 1 spiro atoms. The normalized spacial score (nSPS) is 18.3. The number of allylic oxidation sites excluding steroid dienone is 1. The van der Waals surface area contributed by atoms with Gasteiger partial charge in [0.1, 0.15) is 35.7 Å². The summed E-state index contributed by atoms with van der Waals surface area (Å²) < 4.78 is 67.9. The summed E-state index contributed by atoms with van der Waals surface area (Å²) in [7, 11) is 0. The molecule has 1 aliphatic carbocycles. The summed E-state index contributed by atoms with van der Waals surface area (Å²) in [5.74, 6) is -3.79. The molecule has 1 fully saturated rings. The highest BCUT2D eigenvalue weighted by Crippen LogP contribution is 2.53. The first-order valence-electron chi connectivity index (χ1n) is 17.0. The Morgan fingerprint density at radius 3 is 2.56 bits per heavy atom. The van der Waals surface area contributed by atoms with E-state index in [9.17, 15) is 27.2 Å². The molecule has 4 aromatic rings. The first kappa shape index (κ1) is 35.6. The number of carbonyl (C=O) groups excluding carboxylic acids is 2. The fourth-order valence-electron chi connectivity index (χ4n) is 7.69. The molecule has 0 radical (unpaired) electrons. The van der Waals surface area contributed by atoms with E-state index in [0.29, 0.717) is 62.3 Å². The second-order valence-electron chi connectivity index (χ2n) is 13.4. The van der Waals surface area contributed by atoms with Crippen molar-refractivity contribution >= 4 is 39.2 Å². The summed E-state index contributed by atoms with van der Waals surface area (Å²) in [4.78, 5) is 34.8. The minimum absolute atomic E-state index is 0.0423. The minimum atomic E-state index is -1.58. The molecule has 1 saturated heterocycles. The molecular weight excluding hydrogens is 748 g/mol. The summed E-state index contributed by atoms with van der Waals surface area (Å²) in [5, 5.41) is 11.3. The van der Waals surface area contributed by atoms with Gasteiger partial charge in [0.15, 0.2) is 17.5 Å². The number of hydrogen-bond donors (Lipinski definition) is 1. The van der Waals surface area contributed by atoms with Gasteiger partial charge >= 0.3 is 0 Å². The van der Waals surface area contributed by atoms with E-state index in [2.05, 4.69) is 41.3 Å². The van der Waals surface area contributed by atoms with Gasteiger partial charge in [-0.15, -0.1) is 10.2 Å². The number of alkyl halides is 1. The van der Waals surface area contributed by atoms with Crippen molar-refractivity contribution in [3.05, 3.63) is 106 Å². The molecule has 0 bridgehead atoms. The molecule has 272 valence electrons. The van der Waals surface area contributed by atoms with Gasteiger partial charge in [-0.3, -0.25) is 9.59 Å². The molecule has 2 amide bonds. The molecule has 2 aromatic heterocycles. The third kappa shape index (κ3) is 7.14. The predicted octanol–water partition coefficient (Wildman–Crippen LogP) is 6.52. The van der Waals surface area contributed by atoms with Crippen molar-refractivity contribution in [3.63, 3.8) is 0 Å². The lowest BCUT2D eigenvalue weighted by atomic mass is 9.73. The molecule has 2 aromatic carbocycles. The molecular formula is C37H35BrF4N6O4. The van der Waals surface area contributed by atoms with Crippen LogP contribution in [0.5, 0.6) is 5.75 Å². The van der Waals surface area contributed by atoms with Crippen molar-refractivity contribution in [3.8, 4) is 5.75 Å². The van der Waals surface area contributed by atoms with Crippen LogP contribution >= 0.6 is 15.9 Å². The van der Waals surface area contributed by atoms with Gasteiger partial charge in [-0.25, -0.2) is 22.5 Å². The summed E-state index contributed by atoms with van der Waals surface area (Å²) >= 11 is 3.30. The van der Waals surface area contributed by atoms with Crippen LogP contribution in [0.25, 0.3) is 0 Å². The van der Waals surface area contributed by atoms with Crippen molar-refractivity contribution < 1.29 is 36.3 Å². The molecule has 10 nitrogen and oxygen atoms in total. The third-order valence-electron chi connectivity index (χ3n) is 10.1. The maximum absolute atomic E-state index is 14.8. The van der Waals surface area contributed by atoms with Gasteiger partial charge in [0, 0.05) is 50.3 Å². The molecule has 1 N–H and O–H groups in total. The number of benzene rings is 2. The summed E-state index contributed by atoms with van der Waals surface area (Å²) in [5.41, 5.74) is 2.12. The SMILES string of the molecule is Cc1nnc([C@@H](Cc2cc(F)c(F)c(F)c2)NC(=O)C[C@@H]2CC3(CCN(c4cc5c(cn4)N(C(=O)/C=C/CBr)CCO5)CC3)c3cc(F)ccc32)o1. The van der Waals surface area contributed by atoms with Crippen LogP contribution in [-0.2, 0) is 21.4 Å². The Hall–Kier alpha value is -4.79. The highest BCUT2D eigenvalue weighted by atomic mass is 79.9. The van der Waals surface area contributed by atoms with Crippen LogP contribution in [0, 0.1) is 30.2 Å². The number of halogens is 5. The van der Waals surface area contributed by atoms with E-state index in [-0.39, 0.29) is 59.2 Å². The van der Waals surface area contributed by atoms with Gasteiger partial charge in [-0.05, 0) is 71.6 Å². The predicted molar refractivity (Wildman–Crippen MR) is 186 cm³/mol. The van der Waals surface area contributed by atoms with Gasteiger partial charge in [0.05, 0.1) is 12.7 Å². The maximum Gasteiger partial charge on any atom is 0.250 e. The number of rotatable bonds is 9. The first-order chi connectivity index (χ1) is 25.0. The van der Waals surface area contributed by atoms with Gasteiger partial charge in [0.2, 0.25) is 17.7 Å². The van der Waals surface area contributed by atoms with E-state index in [4.69, 9.17) is 9.15 Å². The Kier molecular flexibility index (Phi) is 10.1. The van der Waals surface area contributed by atoms with Crippen molar-refractivity contribution in [1.29, 1.82) is 0 Å². The van der Waals surface area contributed by atoms with Crippen LogP contribution < -0.4 is 19.9 Å². The zero-order chi connectivity index (χ0) is 36.6. The van der Waals surface area contributed by atoms with E-state index in [1.54, 1.807) is 36.2 Å². The number of aryl methyl sites for hydroxylation is 1. The highest BCUT2D eigenvalue weighted by molar-refractivity contribution is 9.09. The molecule has 15 heteroatoms. The topological polar surface area (TPSA) is 114 Å². The molecule has 0 saturated carbocycles. The van der Waals surface area contributed by atoms with Crippen LogP contribution in [0.3, 0.4) is 0 Å². The third-order valence-corrected chi connectivity index (χ3v) is 10.5. The maximum atomic E-state index is 14.8.